The number of rotatable bonds is 7. The first-order valence-corrected chi connectivity index (χ1v) is 9.84. The van der Waals surface area contributed by atoms with Crippen molar-refractivity contribution in [2.45, 2.75) is 6.42 Å². The van der Waals surface area contributed by atoms with Gasteiger partial charge in [0.15, 0.2) is 5.78 Å². The fourth-order valence-electron chi connectivity index (χ4n) is 3.48. The fraction of sp³-hybridized carbons (Fsp3) is 0.292. The third kappa shape index (κ3) is 4.49. The minimum atomic E-state index is -0.334. The Hall–Kier alpha value is -3.25. The van der Waals surface area contributed by atoms with Crippen molar-refractivity contribution in [1.29, 1.82) is 0 Å². The number of phenols is 1. The topological polar surface area (TPSA) is 71.0 Å². The molecule has 0 saturated heterocycles. The summed E-state index contributed by atoms with van der Waals surface area (Å²) in [5.74, 6) is 0.314. The van der Waals surface area contributed by atoms with Crippen LogP contribution in [0.5, 0.6) is 17.2 Å². The fourth-order valence-corrected chi connectivity index (χ4v) is 3.48. The standard InChI is InChI=1S/C24H28N2O4/c1-26(2)18-8-5-16(6-9-18)7-10-19(27)23-21(30-4)15-20(29-3)22(24(23)28)17-11-13-25-14-12-17/h5-11,15,25,28H,12-14H2,1-4H3. The molecule has 0 spiro atoms. The summed E-state index contributed by atoms with van der Waals surface area (Å²) in [6.45, 7) is 1.50. The van der Waals surface area contributed by atoms with E-state index in [1.807, 2.05) is 49.3 Å². The van der Waals surface area contributed by atoms with E-state index in [0.29, 0.717) is 17.9 Å². The molecule has 30 heavy (non-hydrogen) atoms. The Morgan fingerprint density at radius 1 is 1.13 bits per heavy atom. The highest BCUT2D eigenvalue weighted by Gasteiger charge is 2.25. The van der Waals surface area contributed by atoms with Crippen molar-refractivity contribution in [2.24, 2.45) is 0 Å². The van der Waals surface area contributed by atoms with Crippen LogP contribution in [0.3, 0.4) is 0 Å². The van der Waals surface area contributed by atoms with Crippen molar-refractivity contribution < 1.29 is 19.4 Å². The van der Waals surface area contributed by atoms with Crippen LogP contribution in [-0.4, -0.2) is 52.3 Å². The molecule has 2 N–H and O–H groups in total. The van der Waals surface area contributed by atoms with E-state index in [9.17, 15) is 9.90 Å². The maximum Gasteiger partial charge on any atom is 0.193 e. The van der Waals surface area contributed by atoms with Crippen molar-refractivity contribution in [3.05, 3.63) is 59.2 Å². The summed E-state index contributed by atoms with van der Waals surface area (Å²) in [5, 5.41) is 14.3. The number of allylic oxidation sites excluding steroid dienone is 1. The van der Waals surface area contributed by atoms with Gasteiger partial charge >= 0.3 is 0 Å². The number of hydrogen-bond acceptors (Lipinski definition) is 6. The lowest BCUT2D eigenvalue weighted by molar-refractivity contribution is 0.104. The maximum absolute atomic E-state index is 13.0. The number of benzene rings is 2. The number of nitrogens with one attached hydrogen (secondary N) is 1. The number of hydrogen-bond donors (Lipinski definition) is 2. The maximum atomic E-state index is 13.0. The Morgan fingerprint density at radius 2 is 1.83 bits per heavy atom. The van der Waals surface area contributed by atoms with E-state index in [2.05, 4.69) is 5.32 Å². The first kappa shape index (κ1) is 21.5. The number of phenolic OH excluding ortho intramolecular Hbond substituents is 1. The smallest absolute Gasteiger partial charge is 0.193 e. The van der Waals surface area contributed by atoms with Gasteiger partial charge in [0, 0.05) is 32.4 Å². The monoisotopic (exact) mass is 408 g/mol. The van der Waals surface area contributed by atoms with Gasteiger partial charge in [-0.15, -0.1) is 0 Å². The van der Waals surface area contributed by atoms with Gasteiger partial charge in [0.05, 0.1) is 19.8 Å². The lowest BCUT2D eigenvalue weighted by Crippen LogP contribution is -2.20. The molecule has 6 heteroatoms. The molecule has 0 amide bonds. The molecule has 0 aromatic heterocycles. The quantitative estimate of drug-likeness (QED) is 0.537. The molecular weight excluding hydrogens is 380 g/mol. The Kier molecular flexibility index (Phi) is 6.79. The van der Waals surface area contributed by atoms with Crippen LogP contribution in [0.2, 0.25) is 0 Å². The molecule has 1 aliphatic heterocycles. The Labute approximate surface area is 177 Å². The predicted molar refractivity (Wildman–Crippen MR) is 121 cm³/mol. The molecule has 0 unspecified atom stereocenters. The second-order valence-corrected chi connectivity index (χ2v) is 7.25. The van der Waals surface area contributed by atoms with E-state index >= 15 is 0 Å². The SMILES string of the molecule is COc1cc(OC)c(C2=CCNCC2)c(O)c1C(=O)C=Cc1ccc(N(C)C)cc1. The molecule has 0 atom stereocenters. The van der Waals surface area contributed by atoms with Crippen LogP contribution in [0.1, 0.15) is 27.9 Å². The lowest BCUT2D eigenvalue weighted by Gasteiger charge is -2.20. The lowest BCUT2D eigenvalue weighted by atomic mass is 9.93. The molecule has 2 aromatic carbocycles. The Balaban J connectivity index is 1.99. The summed E-state index contributed by atoms with van der Waals surface area (Å²) in [6.07, 6.45) is 5.92. The third-order valence-corrected chi connectivity index (χ3v) is 5.14. The van der Waals surface area contributed by atoms with Gasteiger partial charge in [-0.2, -0.15) is 0 Å². The van der Waals surface area contributed by atoms with Gasteiger partial charge in [-0.3, -0.25) is 4.79 Å². The van der Waals surface area contributed by atoms with E-state index in [1.54, 1.807) is 12.1 Å². The number of carbonyl (C=O) groups is 1. The molecule has 0 bridgehead atoms. The van der Waals surface area contributed by atoms with Gasteiger partial charge in [0.25, 0.3) is 0 Å². The molecule has 158 valence electrons. The van der Waals surface area contributed by atoms with Crippen LogP contribution in [0.4, 0.5) is 5.69 Å². The number of anilines is 1. The van der Waals surface area contributed by atoms with Crippen molar-refractivity contribution in [3.8, 4) is 17.2 Å². The minimum Gasteiger partial charge on any atom is -0.506 e. The summed E-state index contributed by atoms with van der Waals surface area (Å²) < 4.78 is 10.9. The van der Waals surface area contributed by atoms with E-state index in [1.165, 1.54) is 20.3 Å². The van der Waals surface area contributed by atoms with Crippen molar-refractivity contribution in [2.75, 3.05) is 46.3 Å². The van der Waals surface area contributed by atoms with Crippen LogP contribution in [0.25, 0.3) is 11.6 Å². The van der Waals surface area contributed by atoms with Crippen LogP contribution < -0.4 is 19.7 Å². The predicted octanol–water partition coefficient (Wildman–Crippen LogP) is 3.75. The highest BCUT2D eigenvalue weighted by atomic mass is 16.5. The summed E-state index contributed by atoms with van der Waals surface area (Å²) in [4.78, 5) is 15.0. The number of methoxy groups -OCH3 is 2. The largest absolute Gasteiger partial charge is 0.506 e. The first-order valence-electron chi connectivity index (χ1n) is 9.84. The summed E-state index contributed by atoms with van der Waals surface area (Å²) in [7, 11) is 6.96. The number of carbonyl (C=O) groups excluding carboxylic acids is 1. The van der Waals surface area contributed by atoms with Gasteiger partial charge < -0.3 is 24.8 Å². The van der Waals surface area contributed by atoms with E-state index < -0.39 is 0 Å². The molecule has 1 heterocycles. The molecule has 2 aromatic rings. The summed E-state index contributed by atoms with van der Waals surface area (Å²) in [5.41, 5.74) is 3.60. The summed E-state index contributed by atoms with van der Waals surface area (Å²) >= 11 is 0. The van der Waals surface area contributed by atoms with Gasteiger partial charge in [-0.05, 0) is 42.3 Å². The van der Waals surface area contributed by atoms with Crippen LogP contribution in [0, 0.1) is 0 Å². The van der Waals surface area contributed by atoms with Crippen LogP contribution in [-0.2, 0) is 0 Å². The van der Waals surface area contributed by atoms with Gasteiger partial charge in [-0.25, -0.2) is 0 Å². The molecular formula is C24H28N2O4. The van der Waals surface area contributed by atoms with Gasteiger partial charge in [0.1, 0.15) is 22.8 Å². The average Bonchev–Trinajstić information content (AvgIpc) is 2.77. The molecule has 3 rings (SSSR count). The van der Waals surface area contributed by atoms with E-state index in [4.69, 9.17) is 9.47 Å². The molecule has 0 aliphatic carbocycles. The zero-order chi connectivity index (χ0) is 21.7. The zero-order valence-corrected chi connectivity index (χ0v) is 17.9. The highest BCUT2D eigenvalue weighted by Crippen LogP contribution is 2.43. The first-order chi connectivity index (χ1) is 14.5. The minimum absolute atomic E-state index is 0.114. The van der Waals surface area contributed by atoms with Crippen molar-refractivity contribution in [1.82, 2.24) is 5.32 Å². The van der Waals surface area contributed by atoms with Crippen molar-refractivity contribution >= 4 is 23.1 Å². The average molecular weight is 408 g/mol. The normalized spacial score (nSPS) is 13.8. The van der Waals surface area contributed by atoms with Gasteiger partial charge in [-0.1, -0.05) is 24.3 Å². The number of ketones is 1. The van der Waals surface area contributed by atoms with E-state index in [0.717, 1.165) is 29.8 Å². The second kappa shape index (κ2) is 9.50. The number of nitrogens with zero attached hydrogens (tertiary/aromatic N) is 1. The second-order valence-electron chi connectivity index (χ2n) is 7.25. The Morgan fingerprint density at radius 3 is 2.40 bits per heavy atom. The molecule has 0 fully saturated rings. The molecule has 6 nitrogen and oxygen atoms in total. The third-order valence-electron chi connectivity index (χ3n) is 5.14. The zero-order valence-electron chi connectivity index (χ0n) is 17.9. The molecule has 0 saturated carbocycles. The molecule has 1 aliphatic rings. The van der Waals surface area contributed by atoms with E-state index in [-0.39, 0.29) is 22.8 Å². The van der Waals surface area contributed by atoms with Crippen molar-refractivity contribution in [3.63, 3.8) is 0 Å². The van der Waals surface area contributed by atoms with Crippen LogP contribution >= 0.6 is 0 Å². The van der Waals surface area contributed by atoms with Gasteiger partial charge in [0.2, 0.25) is 0 Å². The Bertz CT molecular complexity index is 976. The number of ether oxygens (including phenoxy) is 2. The number of aromatic hydroxyl groups is 1. The van der Waals surface area contributed by atoms with Crippen LogP contribution in [0.15, 0.2) is 42.5 Å². The highest BCUT2D eigenvalue weighted by molar-refractivity contribution is 6.11. The molecule has 0 radical (unpaired) electrons. The summed E-state index contributed by atoms with van der Waals surface area (Å²) in [6, 6.07) is 9.50.